The first-order chi connectivity index (χ1) is 14.5. The van der Waals surface area contributed by atoms with Crippen LogP contribution in [-0.4, -0.2) is 40.5 Å². The Balaban J connectivity index is 1.58. The largest absolute Gasteiger partial charge is 0.487 e. The smallest absolute Gasteiger partial charge is 0.311 e. The van der Waals surface area contributed by atoms with Crippen LogP contribution in [0.2, 0.25) is 0 Å². The lowest BCUT2D eigenvalue weighted by molar-refractivity contribution is -0.385. The van der Waals surface area contributed by atoms with Gasteiger partial charge in [0, 0.05) is 23.9 Å². The van der Waals surface area contributed by atoms with E-state index in [1.54, 1.807) is 6.92 Å². The number of carbonyl (C=O) groups excluding carboxylic acids is 1. The van der Waals surface area contributed by atoms with E-state index < -0.39 is 10.8 Å². The van der Waals surface area contributed by atoms with Crippen molar-refractivity contribution in [3.05, 3.63) is 63.7 Å². The number of nitro groups is 1. The van der Waals surface area contributed by atoms with Gasteiger partial charge in [0.25, 0.3) is 5.91 Å². The summed E-state index contributed by atoms with van der Waals surface area (Å²) in [6.07, 6.45) is 2.51. The Bertz CT molecular complexity index is 927. The molecule has 1 aliphatic rings. The summed E-state index contributed by atoms with van der Waals surface area (Å²) in [5.41, 5.74) is 1.83. The zero-order valence-electron chi connectivity index (χ0n) is 16.7. The van der Waals surface area contributed by atoms with Crippen LogP contribution in [0.1, 0.15) is 35.7 Å². The second-order valence-corrected chi connectivity index (χ2v) is 7.37. The van der Waals surface area contributed by atoms with Crippen molar-refractivity contribution < 1.29 is 14.5 Å². The van der Waals surface area contributed by atoms with Gasteiger partial charge in [0.2, 0.25) is 0 Å². The van der Waals surface area contributed by atoms with E-state index in [9.17, 15) is 14.9 Å². The van der Waals surface area contributed by atoms with Gasteiger partial charge in [-0.2, -0.15) is 0 Å². The van der Waals surface area contributed by atoms with Gasteiger partial charge in [-0.1, -0.05) is 12.1 Å². The molecule has 0 radical (unpaired) electrons. The molecule has 3 rings (SSSR count). The number of carbonyl (C=O) groups is 1. The summed E-state index contributed by atoms with van der Waals surface area (Å²) in [5.74, 6) is -0.418. The fourth-order valence-electron chi connectivity index (χ4n) is 3.31. The number of anilines is 1. The first kappa shape index (κ1) is 21.7. The SMILES string of the molecule is CCOc1ccc(C(=O)NC(=S)Nc2ccc(CN3CCCC3)cc2)cc1[N+](=O)[O-]. The fourth-order valence-corrected chi connectivity index (χ4v) is 3.52. The predicted octanol–water partition coefficient (Wildman–Crippen LogP) is 3.72. The van der Waals surface area contributed by atoms with E-state index in [1.807, 2.05) is 24.3 Å². The van der Waals surface area contributed by atoms with Crippen molar-refractivity contribution in [3.8, 4) is 5.75 Å². The van der Waals surface area contributed by atoms with Crippen LogP contribution in [0.25, 0.3) is 0 Å². The van der Waals surface area contributed by atoms with Gasteiger partial charge in [0.1, 0.15) is 0 Å². The second kappa shape index (κ2) is 10.1. The maximum absolute atomic E-state index is 12.4. The first-order valence-electron chi connectivity index (χ1n) is 9.81. The molecule has 0 aliphatic carbocycles. The molecule has 8 nitrogen and oxygen atoms in total. The molecule has 0 bridgehead atoms. The normalized spacial score (nSPS) is 13.6. The van der Waals surface area contributed by atoms with E-state index in [2.05, 4.69) is 15.5 Å². The van der Waals surface area contributed by atoms with Crippen molar-refractivity contribution in [2.45, 2.75) is 26.3 Å². The van der Waals surface area contributed by atoms with E-state index >= 15 is 0 Å². The van der Waals surface area contributed by atoms with Crippen LogP contribution in [0.15, 0.2) is 42.5 Å². The van der Waals surface area contributed by atoms with Gasteiger partial charge in [-0.15, -0.1) is 0 Å². The Hall–Kier alpha value is -3.04. The fraction of sp³-hybridized carbons (Fsp3) is 0.333. The number of rotatable bonds is 7. The summed E-state index contributed by atoms with van der Waals surface area (Å²) in [6.45, 7) is 5.22. The zero-order chi connectivity index (χ0) is 21.5. The van der Waals surface area contributed by atoms with Gasteiger partial charge in [-0.3, -0.25) is 25.1 Å². The summed E-state index contributed by atoms with van der Waals surface area (Å²) >= 11 is 5.20. The lowest BCUT2D eigenvalue weighted by atomic mass is 10.1. The average molecular weight is 429 g/mol. The van der Waals surface area contributed by atoms with Gasteiger partial charge in [-0.05, 0) is 74.9 Å². The monoisotopic (exact) mass is 428 g/mol. The van der Waals surface area contributed by atoms with Crippen molar-refractivity contribution in [1.82, 2.24) is 10.2 Å². The molecule has 0 saturated carbocycles. The molecule has 2 aromatic rings. The molecule has 1 heterocycles. The van der Waals surface area contributed by atoms with Gasteiger partial charge in [0.05, 0.1) is 11.5 Å². The van der Waals surface area contributed by atoms with Gasteiger partial charge in [-0.25, -0.2) is 0 Å². The third-order valence-electron chi connectivity index (χ3n) is 4.76. The van der Waals surface area contributed by atoms with Crippen LogP contribution < -0.4 is 15.4 Å². The number of thiocarbonyl (C=S) groups is 1. The maximum atomic E-state index is 12.4. The second-order valence-electron chi connectivity index (χ2n) is 6.96. The number of likely N-dealkylation sites (tertiary alicyclic amines) is 1. The first-order valence-corrected chi connectivity index (χ1v) is 10.2. The highest BCUT2D eigenvalue weighted by Gasteiger charge is 2.19. The van der Waals surface area contributed by atoms with E-state index in [0.29, 0.717) is 0 Å². The molecule has 1 fully saturated rings. The lowest BCUT2D eigenvalue weighted by Crippen LogP contribution is -2.34. The molecule has 0 atom stereocenters. The lowest BCUT2D eigenvalue weighted by Gasteiger charge is -2.15. The Labute approximate surface area is 180 Å². The molecule has 1 amide bonds. The molecule has 0 spiro atoms. The summed E-state index contributed by atoms with van der Waals surface area (Å²) in [4.78, 5) is 25.5. The number of hydrogen-bond donors (Lipinski definition) is 2. The Kier molecular flexibility index (Phi) is 7.31. The van der Waals surface area contributed by atoms with E-state index in [1.165, 1.54) is 36.6 Å². The third-order valence-corrected chi connectivity index (χ3v) is 4.97. The minimum Gasteiger partial charge on any atom is -0.487 e. The number of nitrogens with one attached hydrogen (secondary N) is 2. The van der Waals surface area contributed by atoms with Crippen LogP contribution in [-0.2, 0) is 6.54 Å². The zero-order valence-corrected chi connectivity index (χ0v) is 17.5. The topological polar surface area (TPSA) is 96.7 Å². The molecule has 9 heteroatoms. The number of hydrogen-bond acceptors (Lipinski definition) is 6. The maximum Gasteiger partial charge on any atom is 0.311 e. The number of benzene rings is 2. The highest BCUT2D eigenvalue weighted by Crippen LogP contribution is 2.28. The van der Waals surface area contributed by atoms with Gasteiger partial charge in [0.15, 0.2) is 10.9 Å². The molecule has 1 saturated heterocycles. The number of nitro benzene ring substituents is 1. The Morgan fingerprint density at radius 1 is 1.20 bits per heavy atom. The molecule has 2 N–H and O–H groups in total. The molecule has 1 aliphatic heterocycles. The standard InChI is InChI=1S/C21H24N4O4S/c1-2-29-19-10-7-16(13-18(19)25(27)28)20(26)23-21(30)22-17-8-5-15(6-9-17)14-24-11-3-4-12-24/h5-10,13H,2-4,11-12,14H2,1H3,(H2,22,23,26,30). The summed E-state index contributed by atoms with van der Waals surface area (Å²) in [7, 11) is 0. The van der Waals surface area contributed by atoms with Crippen molar-refractivity contribution in [2.24, 2.45) is 0 Å². The van der Waals surface area contributed by atoms with Crippen molar-refractivity contribution in [3.63, 3.8) is 0 Å². The van der Waals surface area contributed by atoms with Crippen LogP contribution >= 0.6 is 12.2 Å². The van der Waals surface area contributed by atoms with Gasteiger partial charge >= 0.3 is 5.69 Å². The number of amides is 1. The number of nitrogens with zero attached hydrogens (tertiary/aromatic N) is 2. The summed E-state index contributed by atoms with van der Waals surface area (Å²) in [5, 5.41) is 16.8. The summed E-state index contributed by atoms with van der Waals surface area (Å²) < 4.78 is 5.23. The highest BCUT2D eigenvalue weighted by atomic mass is 32.1. The molecular weight excluding hydrogens is 404 g/mol. The predicted molar refractivity (Wildman–Crippen MR) is 119 cm³/mol. The van der Waals surface area contributed by atoms with Crippen molar-refractivity contribution in [2.75, 3.05) is 25.0 Å². The average Bonchev–Trinajstić information content (AvgIpc) is 3.22. The molecule has 2 aromatic carbocycles. The van der Waals surface area contributed by atoms with Crippen LogP contribution in [0.5, 0.6) is 5.75 Å². The minimum atomic E-state index is -0.581. The van der Waals surface area contributed by atoms with Gasteiger partial charge < -0.3 is 10.1 Å². The Morgan fingerprint density at radius 2 is 1.90 bits per heavy atom. The van der Waals surface area contributed by atoms with Crippen LogP contribution in [0.3, 0.4) is 0 Å². The van der Waals surface area contributed by atoms with Crippen molar-refractivity contribution in [1.29, 1.82) is 0 Å². The molecule has 0 unspecified atom stereocenters. The van der Waals surface area contributed by atoms with Crippen LogP contribution in [0.4, 0.5) is 11.4 Å². The van der Waals surface area contributed by atoms with E-state index in [-0.39, 0.29) is 28.7 Å². The molecule has 30 heavy (non-hydrogen) atoms. The summed E-state index contributed by atoms with van der Waals surface area (Å²) in [6, 6.07) is 11.9. The quantitative estimate of drug-likeness (QED) is 0.394. The molecule has 0 aromatic heterocycles. The molecule has 158 valence electrons. The number of ether oxygens (including phenoxy) is 1. The van der Waals surface area contributed by atoms with E-state index in [4.69, 9.17) is 17.0 Å². The Morgan fingerprint density at radius 3 is 2.53 bits per heavy atom. The minimum absolute atomic E-state index is 0.115. The third kappa shape index (κ3) is 5.74. The van der Waals surface area contributed by atoms with Crippen LogP contribution in [0, 0.1) is 10.1 Å². The highest BCUT2D eigenvalue weighted by molar-refractivity contribution is 7.80. The van der Waals surface area contributed by atoms with Crippen molar-refractivity contribution >= 4 is 34.6 Å². The van der Waals surface area contributed by atoms with E-state index in [0.717, 1.165) is 25.3 Å². The molecular formula is C21H24N4O4S.